The average molecular weight is 383 g/mol. The van der Waals surface area contributed by atoms with Gasteiger partial charge in [-0.2, -0.15) is 5.10 Å². The highest BCUT2D eigenvalue weighted by Crippen LogP contribution is 2.30. The van der Waals surface area contributed by atoms with Gasteiger partial charge in [0, 0.05) is 37.7 Å². The van der Waals surface area contributed by atoms with Crippen molar-refractivity contribution < 1.29 is 9.90 Å². The predicted octanol–water partition coefficient (Wildman–Crippen LogP) is 2.16. The number of aliphatic hydroxyl groups is 1. The molecule has 0 radical (unpaired) electrons. The molecule has 2 aliphatic heterocycles. The lowest BCUT2D eigenvalue weighted by atomic mass is 9.89. The normalized spacial score (nSPS) is 21.8. The molecular weight excluding hydrogens is 352 g/mol. The number of likely N-dealkylation sites (tertiary alicyclic amines) is 2. The van der Waals surface area contributed by atoms with Crippen molar-refractivity contribution in [3.05, 3.63) is 53.3 Å². The number of carbonyl (C=O) groups excluding carboxylic acids is 1. The van der Waals surface area contributed by atoms with Crippen molar-refractivity contribution in [2.45, 2.75) is 44.1 Å². The molecule has 0 saturated carbocycles. The van der Waals surface area contributed by atoms with Crippen LogP contribution in [0.2, 0.25) is 0 Å². The van der Waals surface area contributed by atoms with Gasteiger partial charge >= 0.3 is 0 Å². The zero-order valence-electron chi connectivity index (χ0n) is 16.4. The molecule has 2 aliphatic rings. The van der Waals surface area contributed by atoms with E-state index < -0.39 is 0 Å². The van der Waals surface area contributed by atoms with Crippen molar-refractivity contribution in [2.24, 2.45) is 0 Å². The van der Waals surface area contributed by atoms with Crippen LogP contribution in [0.4, 0.5) is 0 Å². The molecule has 1 atom stereocenters. The second kappa shape index (κ2) is 8.88. The predicted molar refractivity (Wildman–Crippen MR) is 108 cm³/mol. The number of piperidine rings is 2. The SMILES string of the molecule is O=C(CN1CCC[C@@H](O)C1)N1CCC(c2[nH]ncc2Cc2ccccc2)CC1. The van der Waals surface area contributed by atoms with Crippen LogP contribution in [0.1, 0.15) is 48.4 Å². The number of nitrogens with zero attached hydrogens (tertiary/aromatic N) is 3. The first-order chi connectivity index (χ1) is 13.7. The molecule has 0 aliphatic carbocycles. The fourth-order valence-electron chi connectivity index (χ4n) is 4.51. The Hall–Kier alpha value is -2.18. The number of rotatable bonds is 5. The lowest BCUT2D eigenvalue weighted by molar-refractivity contribution is -0.134. The number of hydrogen-bond donors (Lipinski definition) is 2. The van der Waals surface area contributed by atoms with Gasteiger partial charge in [-0.15, -0.1) is 0 Å². The van der Waals surface area contributed by atoms with Gasteiger partial charge in [0.1, 0.15) is 0 Å². The maximum absolute atomic E-state index is 12.7. The lowest BCUT2D eigenvalue weighted by Gasteiger charge is -2.35. The van der Waals surface area contributed by atoms with Crippen molar-refractivity contribution in [1.29, 1.82) is 0 Å². The summed E-state index contributed by atoms with van der Waals surface area (Å²) in [6.07, 6.45) is 6.32. The molecule has 0 spiro atoms. The standard InChI is InChI=1S/C22H30N4O2/c27-20-7-4-10-25(15-20)16-21(28)26-11-8-18(9-12-26)22-19(14-23-24-22)13-17-5-2-1-3-6-17/h1-3,5-6,14,18,20,27H,4,7-13,15-16H2,(H,23,24)/t20-/m1/s1. The number of aromatic nitrogens is 2. The first kappa shape index (κ1) is 19.2. The van der Waals surface area contributed by atoms with Gasteiger partial charge in [-0.1, -0.05) is 30.3 Å². The van der Waals surface area contributed by atoms with E-state index >= 15 is 0 Å². The highest BCUT2D eigenvalue weighted by molar-refractivity contribution is 5.78. The largest absolute Gasteiger partial charge is 0.392 e. The topological polar surface area (TPSA) is 72.5 Å². The second-order valence-electron chi connectivity index (χ2n) is 8.16. The molecule has 1 aromatic heterocycles. The van der Waals surface area contributed by atoms with Crippen molar-refractivity contribution in [3.8, 4) is 0 Å². The molecule has 3 heterocycles. The first-order valence-corrected chi connectivity index (χ1v) is 10.4. The Morgan fingerprint density at radius 1 is 1.14 bits per heavy atom. The number of aliphatic hydroxyl groups excluding tert-OH is 1. The number of amides is 1. The number of aromatic amines is 1. The maximum atomic E-state index is 12.7. The van der Waals surface area contributed by atoms with Gasteiger partial charge in [0.05, 0.1) is 18.8 Å². The molecule has 6 heteroatoms. The van der Waals surface area contributed by atoms with E-state index in [9.17, 15) is 9.90 Å². The van der Waals surface area contributed by atoms with Crippen LogP contribution in [0.25, 0.3) is 0 Å². The van der Waals surface area contributed by atoms with Crippen molar-refractivity contribution in [3.63, 3.8) is 0 Å². The third-order valence-corrected chi connectivity index (χ3v) is 6.08. The van der Waals surface area contributed by atoms with Crippen LogP contribution in [0.5, 0.6) is 0 Å². The summed E-state index contributed by atoms with van der Waals surface area (Å²) in [7, 11) is 0. The van der Waals surface area contributed by atoms with E-state index in [0.717, 1.165) is 51.7 Å². The summed E-state index contributed by atoms with van der Waals surface area (Å²) >= 11 is 0. The Morgan fingerprint density at radius 3 is 2.68 bits per heavy atom. The van der Waals surface area contributed by atoms with E-state index in [2.05, 4.69) is 39.4 Å². The Morgan fingerprint density at radius 2 is 1.93 bits per heavy atom. The van der Waals surface area contributed by atoms with Crippen LogP contribution in [0, 0.1) is 0 Å². The van der Waals surface area contributed by atoms with Gasteiger partial charge in [-0.3, -0.25) is 14.8 Å². The third-order valence-electron chi connectivity index (χ3n) is 6.08. The van der Waals surface area contributed by atoms with Crippen LogP contribution in [-0.4, -0.2) is 69.8 Å². The number of β-amino-alcohol motifs (C(OH)–C–C–N with tert-alkyl or cyclic N) is 1. The van der Waals surface area contributed by atoms with Crippen molar-refractivity contribution in [1.82, 2.24) is 20.0 Å². The molecule has 2 aromatic rings. The first-order valence-electron chi connectivity index (χ1n) is 10.4. The summed E-state index contributed by atoms with van der Waals surface area (Å²) in [6.45, 7) is 3.56. The van der Waals surface area contributed by atoms with Gasteiger partial charge < -0.3 is 10.0 Å². The zero-order chi connectivity index (χ0) is 19.3. The van der Waals surface area contributed by atoms with E-state index in [0.29, 0.717) is 19.0 Å². The number of H-pyrrole nitrogens is 1. The maximum Gasteiger partial charge on any atom is 0.236 e. The molecule has 6 nitrogen and oxygen atoms in total. The van der Waals surface area contributed by atoms with Crippen LogP contribution in [0.3, 0.4) is 0 Å². The fraction of sp³-hybridized carbons (Fsp3) is 0.545. The molecule has 150 valence electrons. The molecule has 1 aromatic carbocycles. The summed E-state index contributed by atoms with van der Waals surface area (Å²) in [5.74, 6) is 0.628. The summed E-state index contributed by atoms with van der Waals surface area (Å²) in [5.41, 5.74) is 3.79. The third kappa shape index (κ3) is 4.62. The smallest absolute Gasteiger partial charge is 0.236 e. The number of benzene rings is 1. The minimum absolute atomic E-state index is 0.196. The summed E-state index contributed by atoms with van der Waals surface area (Å²) < 4.78 is 0. The highest BCUT2D eigenvalue weighted by atomic mass is 16.3. The molecule has 2 saturated heterocycles. The van der Waals surface area contributed by atoms with E-state index in [1.54, 1.807) is 0 Å². The fourth-order valence-corrected chi connectivity index (χ4v) is 4.51. The molecule has 28 heavy (non-hydrogen) atoms. The number of hydrogen-bond acceptors (Lipinski definition) is 4. The number of nitrogens with one attached hydrogen (secondary N) is 1. The Balaban J connectivity index is 1.31. The van der Waals surface area contributed by atoms with Crippen LogP contribution >= 0.6 is 0 Å². The van der Waals surface area contributed by atoms with Gasteiger partial charge in [0.2, 0.25) is 5.91 Å². The molecule has 4 rings (SSSR count). The minimum Gasteiger partial charge on any atom is -0.392 e. The van der Waals surface area contributed by atoms with Crippen molar-refractivity contribution >= 4 is 5.91 Å². The average Bonchev–Trinajstić information content (AvgIpc) is 3.17. The molecule has 2 N–H and O–H groups in total. The monoisotopic (exact) mass is 382 g/mol. The molecule has 1 amide bonds. The molecule has 0 unspecified atom stereocenters. The van der Waals surface area contributed by atoms with E-state index in [1.165, 1.54) is 16.8 Å². The number of carbonyl (C=O) groups is 1. The Labute approximate surface area is 166 Å². The molecular formula is C22H30N4O2. The summed E-state index contributed by atoms with van der Waals surface area (Å²) in [5, 5.41) is 17.3. The molecule has 2 fully saturated rings. The van der Waals surface area contributed by atoms with E-state index in [1.807, 2.05) is 17.2 Å². The van der Waals surface area contributed by atoms with Crippen molar-refractivity contribution in [2.75, 3.05) is 32.7 Å². The zero-order valence-corrected chi connectivity index (χ0v) is 16.4. The second-order valence-corrected chi connectivity index (χ2v) is 8.16. The summed E-state index contributed by atoms with van der Waals surface area (Å²) in [6, 6.07) is 10.5. The van der Waals surface area contributed by atoms with Gasteiger partial charge in [0.15, 0.2) is 0 Å². The van der Waals surface area contributed by atoms with E-state index in [-0.39, 0.29) is 12.0 Å². The van der Waals surface area contributed by atoms with Crippen LogP contribution < -0.4 is 0 Å². The van der Waals surface area contributed by atoms with Gasteiger partial charge in [0.25, 0.3) is 0 Å². The lowest BCUT2D eigenvalue weighted by Crippen LogP contribution is -2.47. The van der Waals surface area contributed by atoms with Crippen LogP contribution in [0.15, 0.2) is 36.5 Å². The van der Waals surface area contributed by atoms with Crippen LogP contribution in [-0.2, 0) is 11.2 Å². The van der Waals surface area contributed by atoms with Gasteiger partial charge in [-0.05, 0) is 43.4 Å². The van der Waals surface area contributed by atoms with E-state index in [4.69, 9.17) is 0 Å². The Kier molecular flexibility index (Phi) is 6.07. The summed E-state index contributed by atoms with van der Waals surface area (Å²) in [4.78, 5) is 16.7. The highest BCUT2D eigenvalue weighted by Gasteiger charge is 2.28. The Bertz CT molecular complexity index is 768. The molecule has 0 bridgehead atoms. The minimum atomic E-state index is -0.282. The van der Waals surface area contributed by atoms with Gasteiger partial charge in [-0.25, -0.2) is 0 Å². The quantitative estimate of drug-likeness (QED) is 0.831.